The summed E-state index contributed by atoms with van der Waals surface area (Å²) in [6.07, 6.45) is -2.77. The number of pyridine rings is 1. The van der Waals surface area contributed by atoms with Gasteiger partial charge in [-0.05, 0) is 30.3 Å². The first-order valence-electron chi connectivity index (χ1n) is 8.11. The van der Waals surface area contributed by atoms with Crippen LogP contribution in [0.1, 0.15) is 11.3 Å². The minimum absolute atomic E-state index is 0.216. The number of carbonyl (C=O) groups is 1. The quantitative estimate of drug-likeness (QED) is 0.696. The van der Waals surface area contributed by atoms with Crippen LogP contribution in [0.3, 0.4) is 0 Å². The standard InChI is InChI=1S/C18H20F3N3O3/c1-26-15-5-6-16(27-11-14-4-2-3-7-23-14)13(8-15)9-22-10-17(25)24-12-18(19,20)21/h2-8,22H,9-12H2,1H3,(H,24,25). The number of aromatic nitrogens is 1. The number of methoxy groups -OCH3 is 1. The molecule has 0 aliphatic carbocycles. The van der Waals surface area contributed by atoms with Crippen molar-refractivity contribution >= 4 is 5.91 Å². The third kappa shape index (κ3) is 7.53. The molecular formula is C18H20F3N3O3. The highest BCUT2D eigenvalue weighted by Crippen LogP contribution is 2.25. The van der Waals surface area contributed by atoms with E-state index in [1.807, 2.05) is 12.1 Å². The van der Waals surface area contributed by atoms with Gasteiger partial charge in [-0.2, -0.15) is 13.2 Å². The summed E-state index contributed by atoms with van der Waals surface area (Å²) in [6.45, 7) is -1.14. The Labute approximate surface area is 154 Å². The van der Waals surface area contributed by atoms with Crippen LogP contribution in [-0.4, -0.2) is 37.3 Å². The normalized spacial score (nSPS) is 11.1. The summed E-state index contributed by atoms with van der Waals surface area (Å²) in [5.74, 6) is 0.411. The summed E-state index contributed by atoms with van der Waals surface area (Å²) >= 11 is 0. The van der Waals surface area contributed by atoms with Crippen LogP contribution in [0.25, 0.3) is 0 Å². The lowest BCUT2D eigenvalue weighted by atomic mass is 10.2. The van der Waals surface area contributed by atoms with Gasteiger partial charge in [0.25, 0.3) is 0 Å². The van der Waals surface area contributed by atoms with Crippen molar-refractivity contribution in [2.24, 2.45) is 0 Å². The minimum Gasteiger partial charge on any atom is -0.497 e. The second-order valence-corrected chi connectivity index (χ2v) is 5.58. The summed E-state index contributed by atoms with van der Waals surface area (Å²) in [5, 5.41) is 4.60. The molecular weight excluding hydrogens is 363 g/mol. The molecule has 6 nitrogen and oxygen atoms in total. The number of nitrogens with one attached hydrogen (secondary N) is 2. The fourth-order valence-electron chi connectivity index (χ4n) is 2.17. The lowest BCUT2D eigenvalue weighted by Gasteiger charge is -2.14. The fraction of sp³-hybridized carbons (Fsp3) is 0.333. The molecule has 2 N–H and O–H groups in total. The largest absolute Gasteiger partial charge is 0.497 e. The SMILES string of the molecule is COc1ccc(OCc2ccccn2)c(CNCC(=O)NCC(F)(F)F)c1. The van der Waals surface area contributed by atoms with E-state index in [1.165, 1.54) is 7.11 Å². The van der Waals surface area contributed by atoms with E-state index in [1.54, 1.807) is 35.8 Å². The van der Waals surface area contributed by atoms with Gasteiger partial charge in [0.1, 0.15) is 24.7 Å². The molecule has 0 unspecified atom stereocenters. The number of halogens is 3. The van der Waals surface area contributed by atoms with E-state index >= 15 is 0 Å². The third-order valence-corrected chi connectivity index (χ3v) is 3.46. The van der Waals surface area contributed by atoms with E-state index in [-0.39, 0.29) is 19.7 Å². The van der Waals surface area contributed by atoms with Crippen LogP contribution in [0.4, 0.5) is 13.2 Å². The number of carbonyl (C=O) groups excluding carboxylic acids is 1. The number of nitrogens with zero attached hydrogens (tertiary/aromatic N) is 1. The van der Waals surface area contributed by atoms with E-state index in [4.69, 9.17) is 9.47 Å². The first-order chi connectivity index (χ1) is 12.9. The number of alkyl halides is 3. The van der Waals surface area contributed by atoms with Gasteiger partial charge in [-0.1, -0.05) is 6.07 Å². The summed E-state index contributed by atoms with van der Waals surface area (Å²) in [5.41, 5.74) is 1.45. The Morgan fingerprint density at radius 2 is 2.04 bits per heavy atom. The Balaban J connectivity index is 1.92. The van der Waals surface area contributed by atoms with Crippen LogP contribution in [0.2, 0.25) is 0 Å². The van der Waals surface area contributed by atoms with Crippen molar-refractivity contribution in [3.05, 3.63) is 53.9 Å². The highest BCUT2D eigenvalue weighted by molar-refractivity contribution is 5.78. The summed E-state index contributed by atoms with van der Waals surface area (Å²) in [7, 11) is 1.52. The van der Waals surface area contributed by atoms with E-state index in [9.17, 15) is 18.0 Å². The number of hydrogen-bond donors (Lipinski definition) is 2. The third-order valence-electron chi connectivity index (χ3n) is 3.46. The Kier molecular flexibility index (Phi) is 7.42. The second-order valence-electron chi connectivity index (χ2n) is 5.58. The van der Waals surface area contributed by atoms with Gasteiger partial charge >= 0.3 is 6.18 Å². The van der Waals surface area contributed by atoms with Crippen molar-refractivity contribution < 1.29 is 27.4 Å². The zero-order chi connectivity index (χ0) is 19.7. The van der Waals surface area contributed by atoms with Crippen molar-refractivity contribution in [3.8, 4) is 11.5 Å². The van der Waals surface area contributed by atoms with Gasteiger partial charge < -0.3 is 20.1 Å². The highest BCUT2D eigenvalue weighted by Gasteiger charge is 2.27. The van der Waals surface area contributed by atoms with Crippen LogP contribution in [0.15, 0.2) is 42.6 Å². The average Bonchev–Trinajstić information content (AvgIpc) is 2.65. The molecule has 146 valence electrons. The van der Waals surface area contributed by atoms with E-state index in [2.05, 4.69) is 10.3 Å². The molecule has 1 amide bonds. The second kappa shape index (κ2) is 9.77. The van der Waals surface area contributed by atoms with Gasteiger partial charge in [0.2, 0.25) is 5.91 Å². The Morgan fingerprint density at radius 1 is 1.22 bits per heavy atom. The summed E-state index contributed by atoms with van der Waals surface area (Å²) in [6, 6.07) is 10.7. The van der Waals surface area contributed by atoms with Crippen molar-refractivity contribution in [1.29, 1.82) is 0 Å². The first-order valence-corrected chi connectivity index (χ1v) is 8.11. The van der Waals surface area contributed by atoms with E-state index in [0.717, 1.165) is 5.69 Å². The Morgan fingerprint density at radius 3 is 2.70 bits per heavy atom. The molecule has 2 aromatic rings. The van der Waals surface area contributed by atoms with Crippen molar-refractivity contribution in [2.75, 3.05) is 20.2 Å². The number of amides is 1. The van der Waals surface area contributed by atoms with Gasteiger partial charge in [-0.15, -0.1) is 0 Å². The van der Waals surface area contributed by atoms with Crippen LogP contribution in [0.5, 0.6) is 11.5 Å². The smallest absolute Gasteiger partial charge is 0.405 e. The van der Waals surface area contributed by atoms with Crippen molar-refractivity contribution in [3.63, 3.8) is 0 Å². The predicted molar refractivity (Wildman–Crippen MR) is 92.3 cm³/mol. The van der Waals surface area contributed by atoms with Gasteiger partial charge in [0.05, 0.1) is 19.3 Å². The number of rotatable bonds is 9. The van der Waals surface area contributed by atoms with Gasteiger partial charge in [-0.3, -0.25) is 9.78 Å². The van der Waals surface area contributed by atoms with Crippen LogP contribution >= 0.6 is 0 Å². The lowest BCUT2D eigenvalue weighted by molar-refractivity contribution is -0.137. The Bertz CT molecular complexity index is 740. The average molecular weight is 383 g/mol. The molecule has 0 bridgehead atoms. The van der Waals surface area contributed by atoms with Gasteiger partial charge in [0, 0.05) is 18.3 Å². The molecule has 1 aromatic heterocycles. The molecule has 0 aliphatic rings. The zero-order valence-corrected chi connectivity index (χ0v) is 14.7. The van der Waals surface area contributed by atoms with Crippen LogP contribution in [0, 0.1) is 0 Å². The topological polar surface area (TPSA) is 72.5 Å². The number of benzene rings is 1. The maximum absolute atomic E-state index is 12.1. The minimum atomic E-state index is -4.44. The number of hydrogen-bond acceptors (Lipinski definition) is 5. The molecule has 0 fully saturated rings. The summed E-state index contributed by atoms with van der Waals surface area (Å²) < 4.78 is 47.2. The molecule has 1 aromatic carbocycles. The van der Waals surface area contributed by atoms with Crippen LogP contribution < -0.4 is 20.1 Å². The zero-order valence-electron chi connectivity index (χ0n) is 14.7. The lowest BCUT2D eigenvalue weighted by Crippen LogP contribution is -2.39. The first kappa shape index (κ1) is 20.5. The Hall–Kier alpha value is -2.81. The van der Waals surface area contributed by atoms with Crippen LogP contribution in [-0.2, 0) is 17.9 Å². The van der Waals surface area contributed by atoms with Gasteiger partial charge in [-0.25, -0.2) is 0 Å². The fourth-order valence-corrected chi connectivity index (χ4v) is 2.17. The molecule has 0 radical (unpaired) electrons. The van der Waals surface area contributed by atoms with Gasteiger partial charge in [0.15, 0.2) is 0 Å². The molecule has 0 saturated heterocycles. The van der Waals surface area contributed by atoms with Crippen molar-refractivity contribution in [2.45, 2.75) is 19.3 Å². The van der Waals surface area contributed by atoms with E-state index in [0.29, 0.717) is 17.1 Å². The molecule has 0 spiro atoms. The van der Waals surface area contributed by atoms with Crippen molar-refractivity contribution in [1.82, 2.24) is 15.6 Å². The highest BCUT2D eigenvalue weighted by atomic mass is 19.4. The molecule has 0 saturated carbocycles. The number of ether oxygens (including phenoxy) is 2. The molecule has 27 heavy (non-hydrogen) atoms. The molecule has 2 rings (SSSR count). The maximum atomic E-state index is 12.1. The molecule has 1 heterocycles. The summed E-state index contributed by atoms with van der Waals surface area (Å²) in [4.78, 5) is 15.6. The predicted octanol–water partition coefficient (Wildman–Crippen LogP) is 2.44. The molecule has 0 aliphatic heterocycles. The monoisotopic (exact) mass is 383 g/mol. The molecule has 0 atom stereocenters. The van der Waals surface area contributed by atoms with E-state index < -0.39 is 18.6 Å². The molecule has 9 heteroatoms. The maximum Gasteiger partial charge on any atom is 0.405 e.